The van der Waals surface area contributed by atoms with Gasteiger partial charge in [0.1, 0.15) is 70.5 Å². The SMILES string of the molecule is CC(C)(Nc1ccnc(-c2c[nH]c3ncc(Cl)cc23)n1)C(=O)NCC(F)(F)F.CCNC(=O)[C@H]1CCCN1c1nc(-c2c[nH]c3ncc(Cl)cc23)ncc1F.O=C(NCC(F)(F)F)C1(Nc2nc(-c3c[nH]c4ncc(Cl)cc34)ncc2F)CCCC1.O=C(NCC(F)F)[C@H]1CCCN1c1ccnc(-c2c[nH]c3ncc(Cl)cc23)n1.[HH].[HH].[HH].[HH].[HH].[HH].[HH]. The standard InChI is InChI=1S/C19H17ClF4N6O.C18H17ClF2N6O.C18H18ClFN6O.C17H16ClF3N6O.7H2/c20-10-5-11-12(7-26-14(11)25-6-10)15-27-8-13(21)16(29-15)30-18(3-1-2-4-18)17(31)28-9-19(22,23)24;19-10-6-11-12(8-24-16(11)23-7-10)17-22-4-3-15(26-17)27-5-1-2-13(27)18(28)25-9-14(20)21;1-2-21-18(27)14-4-3-5-26(14)17-13(20)9-24-16(25-17)12-8-23-15-11(12)6-10(19)7-22-15;1-16(2,15(28)25-8-17(19,20)21)27-12-3-4-22-14(26-12)11-7-24-13-10(11)5-9(18)6-23-13;;;;;;;/h5-8H,1-4,9H2,(H,25,26)(H,28,31)(H,27,29,30);3-4,6-8,13-14H,1-2,5,9H2,(H,23,24)(H,25,28);6-9,14H,2-5H2,1H3,(H,21,27)(H,22,23);3-7H,8H2,1-2H3,(H,23,24)(H,25,28)(H,22,26,27);7*1H/t;13-;14-;;;;;;;;/m.11......../s1. The molecule has 0 aromatic carbocycles. The molecule has 15 rings (SSSR count). The molecule has 28 nitrogen and oxygen atoms in total. The average molecular weight is 1680 g/mol. The molecule has 0 bridgehead atoms. The molecule has 612 valence electrons. The molecule has 2 atom stereocenters. The number of rotatable bonds is 19. The van der Waals surface area contributed by atoms with Crippen LogP contribution in [0.4, 0.5) is 67.2 Å². The molecule has 10 N–H and O–H groups in total. The molecule has 2 aliphatic heterocycles. The lowest BCUT2D eigenvalue weighted by molar-refractivity contribution is -0.141. The Morgan fingerprint density at radius 2 is 0.982 bits per heavy atom. The summed E-state index contributed by atoms with van der Waals surface area (Å²) in [4.78, 5) is 116. The molecule has 12 aromatic rings. The molecule has 1 saturated carbocycles. The van der Waals surface area contributed by atoms with Gasteiger partial charge in [-0.25, -0.2) is 77.4 Å². The number of anilines is 4. The van der Waals surface area contributed by atoms with E-state index in [9.17, 15) is 63.1 Å². The van der Waals surface area contributed by atoms with Gasteiger partial charge >= 0.3 is 12.4 Å². The van der Waals surface area contributed by atoms with Crippen molar-refractivity contribution in [3.05, 3.63) is 142 Å². The second-order valence-electron chi connectivity index (χ2n) is 26.8. The highest BCUT2D eigenvalue weighted by Gasteiger charge is 2.44. The summed E-state index contributed by atoms with van der Waals surface area (Å²) in [5.74, 6) is -1.54. The molecular formula is C72H82Cl4F10N24O4. The van der Waals surface area contributed by atoms with Gasteiger partial charge in [-0.15, -0.1) is 0 Å². The van der Waals surface area contributed by atoms with Crippen molar-refractivity contribution in [1.82, 2.24) is 101 Å². The van der Waals surface area contributed by atoms with E-state index in [1.54, 1.807) is 78.6 Å². The van der Waals surface area contributed by atoms with E-state index in [1.165, 1.54) is 38.5 Å². The van der Waals surface area contributed by atoms with Crippen LogP contribution in [0.15, 0.2) is 111 Å². The number of aromatic nitrogens is 16. The van der Waals surface area contributed by atoms with Crippen molar-refractivity contribution in [3.8, 4) is 45.6 Å². The van der Waals surface area contributed by atoms with Crippen molar-refractivity contribution in [2.75, 3.05) is 59.7 Å². The molecule has 114 heavy (non-hydrogen) atoms. The molecule has 3 fully saturated rings. The molecule has 12 aromatic heterocycles. The number of carbonyl (C=O) groups is 4. The minimum atomic E-state index is -4.55. The molecule has 1 aliphatic carbocycles. The van der Waals surface area contributed by atoms with Gasteiger partial charge in [0.05, 0.1) is 39.0 Å². The number of H-pyrrole nitrogens is 4. The maximum atomic E-state index is 14.5. The number of nitrogens with zero attached hydrogens (tertiary/aromatic N) is 14. The lowest BCUT2D eigenvalue weighted by Crippen LogP contribution is -2.52. The summed E-state index contributed by atoms with van der Waals surface area (Å²) in [6.07, 6.45) is 10.9. The van der Waals surface area contributed by atoms with E-state index in [1.807, 2.05) is 22.5 Å². The molecule has 0 unspecified atom stereocenters. The first-order chi connectivity index (χ1) is 54.3. The smallest absolute Gasteiger partial charge is 0.356 e. The van der Waals surface area contributed by atoms with E-state index in [2.05, 4.69) is 101 Å². The summed E-state index contributed by atoms with van der Waals surface area (Å²) >= 11 is 24.1. The number of fused-ring (bicyclic) bond motifs is 4. The second kappa shape index (κ2) is 34.9. The fourth-order valence-electron chi connectivity index (χ4n) is 13.1. The van der Waals surface area contributed by atoms with E-state index in [4.69, 9.17) is 46.4 Å². The summed E-state index contributed by atoms with van der Waals surface area (Å²) in [7, 11) is 0. The molecule has 2 saturated heterocycles. The number of likely N-dealkylation sites (N-methyl/N-ethyl adjacent to an activating group) is 1. The van der Waals surface area contributed by atoms with Crippen LogP contribution in [0.5, 0.6) is 0 Å². The number of hydrogen-bond donors (Lipinski definition) is 10. The maximum absolute atomic E-state index is 14.5. The van der Waals surface area contributed by atoms with E-state index in [0.29, 0.717) is 139 Å². The number of nitrogens with one attached hydrogen (secondary N) is 10. The fourth-order valence-corrected chi connectivity index (χ4v) is 13.7. The largest absolute Gasteiger partial charge is 0.405 e. The van der Waals surface area contributed by atoms with E-state index in [0.717, 1.165) is 41.6 Å². The summed E-state index contributed by atoms with van der Waals surface area (Å²) in [5.41, 5.74) is 2.30. The Morgan fingerprint density at radius 1 is 0.544 bits per heavy atom. The Labute approximate surface area is 670 Å². The molecule has 4 amide bonds. The van der Waals surface area contributed by atoms with Gasteiger partial charge in [0.2, 0.25) is 23.6 Å². The zero-order valence-electron chi connectivity index (χ0n) is 60.2. The maximum Gasteiger partial charge on any atom is 0.405 e. The Hall–Kier alpha value is -11.4. The number of hydrogen-bond acceptors (Lipinski definition) is 20. The summed E-state index contributed by atoms with van der Waals surface area (Å²) in [6, 6.07) is 9.18. The lowest BCUT2D eigenvalue weighted by atomic mass is 9.96. The molecule has 3 aliphatic rings. The average Bonchev–Trinajstić information content (AvgIpc) is 1.65. The van der Waals surface area contributed by atoms with Gasteiger partial charge in [0.25, 0.3) is 6.43 Å². The Kier molecular flexibility index (Phi) is 25.2. The number of amides is 4. The van der Waals surface area contributed by atoms with Gasteiger partial charge in [-0.2, -0.15) is 26.3 Å². The lowest BCUT2D eigenvalue weighted by Gasteiger charge is -2.30. The topological polar surface area (TPSA) is 365 Å². The monoisotopic (exact) mass is 1680 g/mol. The highest BCUT2D eigenvalue weighted by atomic mass is 35.5. The Balaban J connectivity index is 0.000000282. The molecule has 0 radical (unpaired) electrons. The summed E-state index contributed by atoms with van der Waals surface area (Å²) in [6.45, 7) is 2.96. The predicted octanol–water partition coefficient (Wildman–Crippen LogP) is 15.4. The van der Waals surface area contributed by atoms with Gasteiger partial charge in [-0.1, -0.05) is 59.2 Å². The van der Waals surface area contributed by atoms with Crippen LogP contribution in [-0.4, -0.2) is 185 Å². The minimum Gasteiger partial charge on any atom is -0.356 e. The van der Waals surface area contributed by atoms with Gasteiger partial charge < -0.3 is 61.6 Å². The Bertz CT molecular complexity index is 5530. The summed E-state index contributed by atoms with van der Waals surface area (Å²) < 4.78 is 128. The van der Waals surface area contributed by atoms with E-state index < -0.39 is 90.9 Å². The van der Waals surface area contributed by atoms with Crippen molar-refractivity contribution >= 4 is 137 Å². The summed E-state index contributed by atoms with van der Waals surface area (Å²) in [5, 5.41) is 19.1. The fraction of sp³-hybridized carbons (Fsp3) is 0.333. The quantitative estimate of drug-likeness (QED) is 0.0336. The first-order valence-electron chi connectivity index (χ1n) is 35.2. The first kappa shape index (κ1) is 82.1. The third kappa shape index (κ3) is 19.6. The van der Waals surface area contributed by atoms with Crippen LogP contribution in [0.25, 0.3) is 89.7 Å². The first-order valence-corrected chi connectivity index (χ1v) is 36.7. The van der Waals surface area contributed by atoms with E-state index >= 15 is 0 Å². The van der Waals surface area contributed by atoms with Crippen LogP contribution >= 0.6 is 46.4 Å². The second-order valence-corrected chi connectivity index (χ2v) is 28.5. The Morgan fingerprint density at radius 3 is 1.47 bits per heavy atom. The zero-order chi connectivity index (χ0) is 81.4. The highest BCUT2D eigenvalue weighted by Crippen LogP contribution is 2.38. The third-order valence-corrected chi connectivity index (χ3v) is 19.2. The van der Waals surface area contributed by atoms with Gasteiger partial charge in [0, 0.05) is 135 Å². The molecule has 14 heterocycles. The van der Waals surface area contributed by atoms with Crippen LogP contribution in [0, 0.1) is 11.6 Å². The predicted molar refractivity (Wildman–Crippen MR) is 422 cm³/mol. The normalized spacial score (nSPS) is 15.5. The van der Waals surface area contributed by atoms with Gasteiger partial charge in [0.15, 0.2) is 46.6 Å². The number of carbonyl (C=O) groups excluding carboxylic acids is 4. The van der Waals surface area contributed by atoms with Gasteiger partial charge in [-0.05, 0) is 95.7 Å². The van der Waals surface area contributed by atoms with Crippen molar-refractivity contribution in [2.24, 2.45) is 0 Å². The van der Waals surface area contributed by atoms with Crippen molar-refractivity contribution in [2.45, 2.75) is 114 Å². The number of halogens is 14. The van der Waals surface area contributed by atoms with Crippen LogP contribution < -0.4 is 41.7 Å². The van der Waals surface area contributed by atoms with Crippen LogP contribution in [0.1, 0.15) is 82.1 Å². The van der Waals surface area contributed by atoms with E-state index in [-0.39, 0.29) is 52.0 Å². The molecule has 42 heteroatoms. The van der Waals surface area contributed by atoms with Crippen LogP contribution in [0.3, 0.4) is 0 Å². The van der Waals surface area contributed by atoms with Crippen molar-refractivity contribution in [1.29, 1.82) is 0 Å². The van der Waals surface area contributed by atoms with Crippen molar-refractivity contribution < 1.29 is 73.1 Å². The minimum absolute atomic E-state index is 0. The molecule has 0 spiro atoms. The number of pyridine rings is 4. The van der Waals surface area contributed by atoms with Crippen LogP contribution in [0.2, 0.25) is 20.1 Å². The number of aromatic amines is 4. The number of alkyl halides is 8. The van der Waals surface area contributed by atoms with Crippen molar-refractivity contribution in [3.63, 3.8) is 0 Å². The molecular weight excluding hydrogens is 1600 g/mol. The highest BCUT2D eigenvalue weighted by molar-refractivity contribution is 6.32. The van der Waals surface area contributed by atoms with Gasteiger partial charge in [-0.3, -0.25) is 19.2 Å². The zero-order valence-corrected chi connectivity index (χ0v) is 63.2. The van der Waals surface area contributed by atoms with Crippen LogP contribution in [-0.2, 0) is 19.2 Å². The third-order valence-electron chi connectivity index (χ3n) is 18.3.